The molecule has 0 spiro atoms. The molecule has 8 nitrogen and oxygen atoms in total. The monoisotopic (exact) mass is 356 g/mol. The number of nitrogens with one attached hydrogen (secondary N) is 1. The summed E-state index contributed by atoms with van der Waals surface area (Å²) in [6.45, 7) is 4.47. The van der Waals surface area contributed by atoms with Gasteiger partial charge in [-0.3, -0.25) is 0 Å². The zero-order chi connectivity index (χ0) is 18.0. The average molecular weight is 356 g/mol. The Labute approximate surface area is 142 Å². The van der Waals surface area contributed by atoms with Crippen LogP contribution in [0, 0.1) is 0 Å². The Morgan fingerprint density at radius 2 is 2.21 bits per heavy atom. The zero-order valence-corrected chi connectivity index (χ0v) is 14.7. The van der Waals surface area contributed by atoms with Gasteiger partial charge in [-0.05, 0) is 51.7 Å². The first kappa shape index (κ1) is 18.5. The summed E-state index contributed by atoms with van der Waals surface area (Å²) in [5.41, 5.74) is -0.324. The highest BCUT2D eigenvalue weighted by atomic mass is 32.2. The fourth-order valence-electron chi connectivity index (χ4n) is 3.18. The molecule has 1 atom stereocenters. The Morgan fingerprint density at radius 1 is 1.50 bits per heavy atom. The van der Waals surface area contributed by atoms with E-state index in [1.807, 2.05) is 13.8 Å². The van der Waals surface area contributed by atoms with Gasteiger partial charge in [-0.2, -0.15) is 0 Å². The summed E-state index contributed by atoms with van der Waals surface area (Å²) in [5.74, 6) is 0.434. The van der Waals surface area contributed by atoms with Crippen molar-refractivity contribution in [3.8, 4) is 0 Å². The maximum atomic E-state index is 11.4. The van der Waals surface area contributed by atoms with Crippen LogP contribution in [0.3, 0.4) is 0 Å². The van der Waals surface area contributed by atoms with Crippen LogP contribution in [0.25, 0.3) is 0 Å². The predicted octanol–water partition coefficient (Wildman–Crippen LogP) is 1.84. The molecule has 0 saturated carbocycles. The fourth-order valence-corrected chi connectivity index (χ4v) is 3.67. The van der Waals surface area contributed by atoms with Crippen molar-refractivity contribution in [2.75, 3.05) is 11.9 Å². The maximum absolute atomic E-state index is 11.4. The van der Waals surface area contributed by atoms with E-state index >= 15 is 0 Å². The van der Waals surface area contributed by atoms with Gasteiger partial charge in [0.1, 0.15) is 5.82 Å². The van der Waals surface area contributed by atoms with E-state index in [1.54, 1.807) is 17.0 Å². The Hall–Kier alpha value is -1.87. The highest BCUT2D eigenvalue weighted by molar-refractivity contribution is 7.89. The number of carbonyl (C=O) groups is 1. The largest absolute Gasteiger partial charge is 0.465 e. The van der Waals surface area contributed by atoms with Crippen LogP contribution < -0.4 is 10.5 Å². The number of nitrogens with zero attached hydrogens (tertiary/aromatic N) is 2. The SMILES string of the molecule is CC1(C)CC[C@H](CCCNc2cccc(S(N)(=O)=O)n2)N1C(=O)O. The Bertz CT molecular complexity index is 705. The molecule has 2 heterocycles. The minimum absolute atomic E-state index is 0.0167. The zero-order valence-electron chi connectivity index (χ0n) is 13.9. The third kappa shape index (κ3) is 4.35. The molecule has 1 aromatic rings. The van der Waals surface area contributed by atoms with Crippen molar-refractivity contribution in [1.29, 1.82) is 0 Å². The molecule has 0 bridgehead atoms. The molecule has 4 N–H and O–H groups in total. The van der Waals surface area contributed by atoms with Crippen LogP contribution in [0.4, 0.5) is 10.6 Å². The van der Waals surface area contributed by atoms with Crippen molar-refractivity contribution in [3.63, 3.8) is 0 Å². The van der Waals surface area contributed by atoms with Crippen LogP contribution in [0.2, 0.25) is 0 Å². The van der Waals surface area contributed by atoms with Crippen molar-refractivity contribution in [2.45, 2.75) is 56.1 Å². The van der Waals surface area contributed by atoms with Crippen molar-refractivity contribution in [2.24, 2.45) is 5.14 Å². The number of primary sulfonamides is 1. The lowest BCUT2D eigenvalue weighted by atomic mass is 10.0. The van der Waals surface area contributed by atoms with Gasteiger partial charge in [0.15, 0.2) is 5.03 Å². The lowest BCUT2D eigenvalue weighted by molar-refractivity contribution is 0.0935. The number of likely N-dealkylation sites (tertiary alicyclic amines) is 1. The Kier molecular flexibility index (Phi) is 5.34. The molecule has 24 heavy (non-hydrogen) atoms. The highest BCUT2D eigenvalue weighted by Gasteiger charge is 2.41. The van der Waals surface area contributed by atoms with Crippen LogP contribution in [-0.2, 0) is 10.0 Å². The number of carboxylic acid groups (broad SMARTS) is 1. The summed E-state index contributed by atoms with van der Waals surface area (Å²) in [5, 5.41) is 17.3. The summed E-state index contributed by atoms with van der Waals surface area (Å²) in [7, 11) is -3.82. The molecule has 134 valence electrons. The third-order valence-electron chi connectivity index (χ3n) is 4.35. The predicted molar refractivity (Wildman–Crippen MR) is 90.3 cm³/mol. The minimum Gasteiger partial charge on any atom is -0.465 e. The van der Waals surface area contributed by atoms with Crippen molar-refractivity contribution in [1.82, 2.24) is 9.88 Å². The number of anilines is 1. The molecule has 1 aliphatic heterocycles. The Morgan fingerprint density at radius 3 is 2.83 bits per heavy atom. The number of pyridine rings is 1. The second-order valence-electron chi connectivity index (χ2n) is 6.63. The molecule has 2 rings (SSSR count). The number of sulfonamides is 1. The number of aromatic nitrogens is 1. The van der Waals surface area contributed by atoms with E-state index < -0.39 is 16.1 Å². The van der Waals surface area contributed by atoms with E-state index in [1.165, 1.54) is 6.07 Å². The van der Waals surface area contributed by atoms with E-state index in [-0.39, 0.29) is 16.6 Å². The lowest BCUT2D eigenvalue weighted by Crippen LogP contribution is -2.46. The number of hydrogen-bond donors (Lipinski definition) is 3. The molecule has 1 amide bonds. The molecular formula is C15H24N4O4S. The summed E-state index contributed by atoms with van der Waals surface area (Å²) in [6, 6.07) is 4.59. The van der Waals surface area contributed by atoms with Gasteiger partial charge >= 0.3 is 6.09 Å². The van der Waals surface area contributed by atoms with Crippen LogP contribution >= 0.6 is 0 Å². The first-order valence-electron chi connectivity index (χ1n) is 7.87. The standard InChI is InChI=1S/C15H24N4O4S/c1-15(2)9-8-11(19(15)14(20)21)5-4-10-17-12-6-3-7-13(18-12)24(16,22)23/h3,6-7,11H,4-5,8-10H2,1-2H3,(H,17,18)(H,20,21)(H2,16,22,23)/t11-/m0/s1. The fraction of sp³-hybridized carbons (Fsp3) is 0.600. The van der Waals surface area contributed by atoms with Gasteiger partial charge in [0.2, 0.25) is 0 Å². The van der Waals surface area contributed by atoms with Crippen LogP contribution in [0.5, 0.6) is 0 Å². The van der Waals surface area contributed by atoms with Crippen LogP contribution in [0.1, 0.15) is 39.5 Å². The van der Waals surface area contributed by atoms with E-state index in [2.05, 4.69) is 10.3 Å². The van der Waals surface area contributed by atoms with Gasteiger partial charge in [-0.1, -0.05) is 6.07 Å². The summed E-state index contributed by atoms with van der Waals surface area (Å²) >= 11 is 0. The van der Waals surface area contributed by atoms with Gasteiger partial charge < -0.3 is 15.3 Å². The topological polar surface area (TPSA) is 126 Å². The number of nitrogens with two attached hydrogens (primary N) is 1. The third-order valence-corrected chi connectivity index (χ3v) is 5.16. The smallest absolute Gasteiger partial charge is 0.407 e. The van der Waals surface area contributed by atoms with Crippen molar-refractivity contribution >= 4 is 21.9 Å². The molecule has 9 heteroatoms. The second-order valence-corrected chi connectivity index (χ2v) is 8.14. The molecule has 1 fully saturated rings. The molecule has 0 aromatic carbocycles. The molecule has 1 aliphatic rings. The molecular weight excluding hydrogens is 332 g/mol. The minimum atomic E-state index is -3.82. The van der Waals surface area contributed by atoms with E-state index in [0.29, 0.717) is 12.4 Å². The van der Waals surface area contributed by atoms with E-state index in [0.717, 1.165) is 25.7 Å². The Balaban J connectivity index is 1.86. The van der Waals surface area contributed by atoms with Gasteiger partial charge in [-0.25, -0.2) is 23.3 Å². The number of hydrogen-bond acceptors (Lipinski definition) is 5. The average Bonchev–Trinajstić information content (AvgIpc) is 2.78. The quantitative estimate of drug-likeness (QED) is 0.668. The van der Waals surface area contributed by atoms with Crippen LogP contribution in [0.15, 0.2) is 23.2 Å². The lowest BCUT2D eigenvalue weighted by Gasteiger charge is -2.33. The van der Waals surface area contributed by atoms with Gasteiger partial charge in [-0.15, -0.1) is 0 Å². The van der Waals surface area contributed by atoms with E-state index in [4.69, 9.17) is 5.14 Å². The molecule has 1 aromatic heterocycles. The molecule has 0 unspecified atom stereocenters. The maximum Gasteiger partial charge on any atom is 0.407 e. The molecule has 0 radical (unpaired) electrons. The van der Waals surface area contributed by atoms with Gasteiger partial charge in [0, 0.05) is 18.1 Å². The summed E-state index contributed by atoms with van der Waals surface area (Å²) in [4.78, 5) is 16.9. The molecule has 1 saturated heterocycles. The van der Waals surface area contributed by atoms with E-state index in [9.17, 15) is 18.3 Å². The number of rotatable bonds is 6. The second kappa shape index (κ2) is 6.94. The van der Waals surface area contributed by atoms with Gasteiger partial charge in [0.05, 0.1) is 0 Å². The first-order chi connectivity index (χ1) is 11.1. The molecule has 0 aliphatic carbocycles. The first-order valence-corrected chi connectivity index (χ1v) is 9.42. The normalized spacial score (nSPS) is 20.1. The van der Waals surface area contributed by atoms with Crippen LogP contribution in [-0.4, -0.2) is 47.6 Å². The summed E-state index contributed by atoms with van der Waals surface area (Å²) < 4.78 is 22.6. The van der Waals surface area contributed by atoms with Gasteiger partial charge in [0.25, 0.3) is 10.0 Å². The van der Waals surface area contributed by atoms with Crippen molar-refractivity contribution < 1.29 is 18.3 Å². The number of amides is 1. The summed E-state index contributed by atoms with van der Waals surface area (Å²) in [6.07, 6.45) is 2.34. The highest BCUT2D eigenvalue weighted by Crippen LogP contribution is 2.35. The van der Waals surface area contributed by atoms with Crippen molar-refractivity contribution in [3.05, 3.63) is 18.2 Å².